The summed E-state index contributed by atoms with van der Waals surface area (Å²) in [4.78, 5) is 37.0. The van der Waals surface area contributed by atoms with Crippen LogP contribution in [0, 0.1) is 5.41 Å². The van der Waals surface area contributed by atoms with Gasteiger partial charge in [-0.25, -0.2) is 0 Å². The van der Waals surface area contributed by atoms with E-state index in [0.29, 0.717) is 26.0 Å². The fraction of sp³-hybridized carbons (Fsp3) is 0.615. The number of amides is 2. The first-order valence-electron chi connectivity index (χ1n) is 17.5. The molecule has 1 atom stereocenters. The summed E-state index contributed by atoms with van der Waals surface area (Å²) in [7, 11) is 3.41. The second kappa shape index (κ2) is 31.2. The molecule has 0 aromatic heterocycles. The smallest absolute Gasteiger partial charge is 0.250 e. The highest BCUT2D eigenvalue weighted by Crippen LogP contribution is 2.28. The number of halogens is 1. The number of ether oxygens (including phenoxy) is 1. The van der Waals surface area contributed by atoms with Crippen LogP contribution < -0.4 is 10.6 Å². The van der Waals surface area contributed by atoms with Crippen LogP contribution in [0.15, 0.2) is 72.9 Å². The van der Waals surface area contributed by atoms with Crippen LogP contribution in [0.1, 0.15) is 106 Å². The molecule has 0 saturated heterocycles. The lowest BCUT2D eigenvalue weighted by Gasteiger charge is -2.34. The molecule has 0 saturated carbocycles. The minimum atomic E-state index is -0.695. The maximum atomic E-state index is 12.7. The maximum Gasteiger partial charge on any atom is 0.250 e. The van der Waals surface area contributed by atoms with E-state index in [1.807, 2.05) is 40.7 Å². The normalized spacial score (nSPS) is 13.6. The summed E-state index contributed by atoms with van der Waals surface area (Å²) in [6, 6.07) is 0. The van der Waals surface area contributed by atoms with Crippen molar-refractivity contribution in [3.63, 3.8) is 0 Å². The third kappa shape index (κ3) is 30.9. The zero-order valence-electron chi connectivity index (χ0n) is 30.8. The highest BCUT2D eigenvalue weighted by Gasteiger charge is 2.37. The van der Waals surface area contributed by atoms with E-state index in [9.17, 15) is 14.4 Å². The van der Waals surface area contributed by atoms with Crippen LogP contribution in [0.2, 0.25) is 0 Å². The Morgan fingerprint density at radius 3 is 1.71 bits per heavy atom. The minimum Gasteiger partial charge on any atom is -0.375 e. The van der Waals surface area contributed by atoms with E-state index in [2.05, 4.69) is 84.4 Å². The van der Waals surface area contributed by atoms with Crippen molar-refractivity contribution in [2.45, 2.75) is 117 Å². The van der Waals surface area contributed by atoms with Gasteiger partial charge in [0.15, 0.2) is 6.10 Å². The molecule has 2 amide bonds. The first-order chi connectivity index (χ1) is 23.4. The Hall–Kier alpha value is -1.60. The van der Waals surface area contributed by atoms with Crippen molar-refractivity contribution in [1.29, 1.82) is 0 Å². The van der Waals surface area contributed by atoms with Crippen LogP contribution in [0.25, 0.3) is 0 Å². The molecule has 0 fully saturated rings. The fourth-order valence-electron chi connectivity index (χ4n) is 3.99. The standard InChI is InChI=1S/C39H63IN2O5S2/c1-7-8-9-10-11-12-13-14-15-16-17-18-19-20-21-22-23-24-26-34(43)27-25-31-48-49-32-30-41-35(44)28-29-42-37(45)36(47-40)39(5,6)33-46-38(2,3)4/h8-9,11-12,14-15,17-18,20-21,23-24,36H,7,10,13,16,19,22,25-33H2,1-6H3,(H,41,44)(H,42,45)/b9-8-,12-11-,15-14-,18-17-,21-20-,24-23-/t36-/m0/s1. The van der Waals surface area contributed by atoms with E-state index >= 15 is 0 Å². The monoisotopic (exact) mass is 830 g/mol. The Balaban J connectivity index is 3.81. The Labute approximate surface area is 320 Å². The minimum absolute atomic E-state index is 0.104. The van der Waals surface area contributed by atoms with Gasteiger partial charge in [-0.15, -0.1) is 0 Å². The van der Waals surface area contributed by atoms with Crippen LogP contribution in [-0.2, 0) is 22.2 Å². The van der Waals surface area contributed by atoms with Gasteiger partial charge in [0.1, 0.15) is 28.8 Å². The SMILES string of the molecule is CC/C=C\C/C=C\C/C=C\C/C=C\C/C=C\C/C=C\CC(=O)CCCSSCCNC(=O)CCNC(=O)[C@H](OI)C(C)(C)COC(C)(C)C. The fourth-order valence-corrected chi connectivity index (χ4v) is 6.90. The lowest BCUT2D eigenvalue weighted by molar-refractivity contribution is -0.136. The molecule has 0 bridgehead atoms. The average molecular weight is 831 g/mol. The summed E-state index contributed by atoms with van der Waals surface area (Å²) in [6.07, 6.45) is 33.2. The highest BCUT2D eigenvalue weighted by molar-refractivity contribution is 14.1. The number of carbonyl (C=O) groups excluding carboxylic acids is 3. The van der Waals surface area contributed by atoms with Gasteiger partial charge in [0.25, 0.3) is 5.91 Å². The molecule has 0 aliphatic carbocycles. The van der Waals surface area contributed by atoms with Crippen molar-refractivity contribution in [3.05, 3.63) is 72.9 Å². The zero-order chi connectivity index (χ0) is 36.6. The van der Waals surface area contributed by atoms with Crippen molar-refractivity contribution in [1.82, 2.24) is 10.6 Å². The molecule has 7 nitrogen and oxygen atoms in total. The molecule has 2 N–H and O–H groups in total. The molecule has 0 rings (SSSR count). The van der Waals surface area contributed by atoms with E-state index < -0.39 is 11.5 Å². The van der Waals surface area contributed by atoms with Crippen LogP contribution >= 0.6 is 44.6 Å². The quantitative estimate of drug-likeness (QED) is 0.0336. The molecular weight excluding hydrogens is 767 g/mol. The summed E-state index contributed by atoms with van der Waals surface area (Å²) < 4.78 is 11.3. The number of hydrogen-bond donors (Lipinski definition) is 2. The number of rotatable bonds is 29. The number of nitrogens with one attached hydrogen (secondary N) is 2. The van der Waals surface area contributed by atoms with Crippen LogP contribution in [0.5, 0.6) is 0 Å². The van der Waals surface area contributed by atoms with E-state index in [1.54, 1.807) is 44.6 Å². The number of carbonyl (C=O) groups is 3. The molecule has 0 unspecified atom stereocenters. The average Bonchev–Trinajstić information content (AvgIpc) is 3.04. The van der Waals surface area contributed by atoms with Gasteiger partial charge in [0.2, 0.25) is 5.91 Å². The van der Waals surface area contributed by atoms with E-state index in [-0.39, 0.29) is 36.2 Å². The molecule has 10 heteroatoms. The summed E-state index contributed by atoms with van der Waals surface area (Å²) in [5.74, 6) is 1.59. The number of Topliss-reactive ketones (excluding diaryl/α,β-unsaturated/α-hetero) is 1. The Bertz CT molecular complexity index is 1080. The van der Waals surface area contributed by atoms with Crippen LogP contribution in [-0.4, -0.2) is 60.5 Å². The molecule has 0 spiro atoms. The van der Waals surface area contributed by atoms with E-state index in [0.717, 1.165) is 56.5 Å². The second-order valence-corrected chi connectivity index (χ2v) is 16.4. The maximum absolute atomic E-state index is 12.7. The van der Waals surface area contributed by atoms with Gasteiger partial charge in [-0.3, -0.25) is 14.4 Å². The Kier molecular flexibility index (Phi) is 30.1. The largest absolute Gasteiger partial charge is 0.375 e. The molecule has 0 aliphatic rings. The van der Waals surface area contributed by atoms with Crippen molar-refractivity contribution >= 4 is 62.2 Å². The van der Waals surface area contributed by atoms with E-state index in [4.69, 9.17) is 7.80 Å². The Morgan fingerprint density at radius 1 is 0.694 bits per heavy atom. The van der Waals surface area contributed by atoms with Gasteiger partial charge in [0, 0.05) is 49.3 Å². The summed E-state index contributed by atoms with van der Waals surface area (Å²) in [6.45, 7) is 13.1. The zero-order valence-corrected chi connectivity index (χ0v) is 34.6. The predicted molar refractivity (Wildman–Crippen MR) is 221 cm³/mol. The molecule has 0 aromatic rings. The van der Waals surface area contributed by atoms with Gasteiger partial charge in [-0.1, -0.05) is 115 Å². The van der Waals surface area contributed by atoms with Crippen LogP contribution in [0.4, 0.5) is 0 Å². The predicted octanol–water partition coefficient (Wildman–Crippen LogP) is 10.0. The van der Waals surface area contributed by atoms with Crippen molar-refractivity contribution < 1.29 is 22.2 Å². The van der Waals surface area contributed by atoms with Gasteiger partial charge in [0.05, 0.1) is 12.2 Å². The molecule has 49 heavy (non-hydrogen) atoms. The first-order valence-corrected chi connectivity index (χ1v) is 20.9. The van der Waals surface area contributed by atoms with Gasteiger partial charge in [-0.05, 0) is 65.7 Å². The molecule has 0 aromatic carbocycles. The molecule has 278 valence electrons. The molecule has 0 radical (unpaired) electrons. The lowest BCUT2D eigenvalue weighted by atomic mass is 9.86. The molecule has 0 aliphatic heterocycles. The topological polar surface area (TPSA) is 93.7 Å². The van der Waals surface area contributed by atoms with Crippen molar-refractivity contribution in [3.8, 4) is 0 Å². The summed E-state index contributed by atoms with van der Waals surface area (Å²) in [5, 5.41) is 5.70. The third-order valence-corrected chi connectivity index (χ3v) is 9.78. The Morgan fingerprint density at radius 2 is 1.20 bits per heavy atom. The highest BCUT2D eigenvalue weighted by atomic mass is 127. The van der Waals surface area contributed by atoms with Gasteiger partial charge in [-0.2, -0.15) is 0 Å². The van der Waals surface area contributed by atoms with E-state index in [1.165, 1.54) is 0 Å². The number of allylic oxidation sites excluding steroid dienone is 12. The third-order valence-electron chi connectivity index (χ3n) is 6.78. The lowest BCUT2D eigenvalue weighted by Crippen LogP contribution is -2.47. The second-order valence-electron chi connectivity index (χ2n) is 13.2. The van der Waals surface area contributed by atoms with Gasteiger partial charge >= 0.3 is 0 Å². The van der Waals surface area contributed by atoms with Crippen LogP contribution in [0.3, 0.4) is 0 Å². The molecule has 0 heterocycles. The first kappa shape index (κ1) is 47.4. The summed E-state index contributed by atoms with van der Waals surface area (Å²) >= 11 is 1.75. The van der Waals surface area contributed by atoms with Crippen molar-refractivity contribution in [2.75, 3.05) is 31.2 Å². The number of hydrogen-bond acceptors (Lipinski definition) is 7. The summed E-state index contributed by atoms with van der Waals surface area (Å²) in [5.41, 5.74) is -0.841. The molecular formula is C39H63IN2O5S2. The van der Waals surface area contributed by atoms with Crippen molar-refractivity contribution in [2.24, 2.45) is 5.41 Å². The number of ketones is 1. The van der Waals surface area contributed by atoms with Gasteiger partial charge < -0.3 is 18.4 Å².